The van der Waals surface area contributed by atoms with Gasteiger partial charge in [0.1, 0.15) is 18.1 Å². The standard InChI is InChI=1S/C17H21N3O3/c1-2-6-18-17(3-1)22-12-15-14-10-20(7-4-16(14)23-19-15)9-13-5-8-21-11-13/h1-3,6,13H,4-5,7-12H2. The zero-order chi connectivity index (χ0) is 15.5. The predicted octanol–water partition coefficient (Wildman–Crippen LogP) is 2.04. The van der Waals surface area contributed by atoms with Crippen LogP contribution in [0.3, 0.4) is 0 Å². The lowest BCUT2D eigenvalue weighted by Crippen LogP contribution is -2.34. The molecule has 6 heteroatoms. The number of pyridine rings is 1. The molecule has 2 aliphatic heterocycles. The highest BCUT2D eigenvalue weighted by molar-refractivity contribution is 5.25. The molecule has 1 fully saturated rings. The second-order valence-electron chi connectivity index (χ2n) is 6.20. The van der Waals surface area contributed by atoms with Gasteiger partial charge in [-0.25, -0.2) is 4.98 Å². The molecular formula is C17H21N3O3. The Hall–Kier alpha value is -1.92. The van der Waals surface area contributed by atoms with Crippen LogP contribution in [-0.2, 0) is 24.3 Å². The van der Waals surface area contributed by atoms with Gasteiger partial charge in [-0.15, -0.1) is 0 Å². The van der Waals surface area contributed by atoms with Crippen LogP contribution in [0.25, 0.3) is 0 Å². The Morgan fingerprint density at radius 2 is 2.35 bits per heavy atom. The molecule has 2 aliphatic rings. The van der Waals surface area contributed by atoms with E-state index in [1.807, 2.05) is 18.2 Å². The van der Waals surface area contributed by atoms with Crippen molar-refractivity contribution in [1.82, 2.24) is 15.0 Å². The number of aromatic nitrogens is 2. The first-order chi connectivity index (χ1) is 11.4. The molecule has 0 radical (unpaired) electrons. The molecule has 0 bridgehead atoms. The maximum absolute atomic E-state index is 5.71. The SMILES string of the molecule is c1ccc(OCc2noc3c2CN(CC2CCOC2)CC3)nc1. The topological polar surface area (TPSA) is 60.6 Å². The van der Waals surface area contributed by atoms with E-state index in [0.717, 1.165) is 50.7 Å². The Balaban J connectivity index is 1.40. The first kappa shape index (κ1) is 14.7. The Labute approximate surface area is 135 Å². The molecular weight excluding hydrogens is 294 g/mol. The Kier molecular flexibility index (Phi) is 4.26. The fourth-order valence-electron chi connectivity index (χ4n) is 3.26. The molecule has 4 rings (SSSR count). The van der Waals surface area contributed by atoms with Crippen molar-refractivity contribution in [2.75, 3.05) is 26.3 Å². The molecule has 0 amide bonds. The van der Waals surface area contributed by atoms with E-state index >= 15 is 0 Å². The van der Waals surface area contributed by atoms with E-state index in [4.69, 9.17) is 14.0 Å². The van der Waals surface area contributed by atoms with Crippen molar-refractivity contribution < 1.29 is 14.0 Å². The summed E-state index contributed by atoms with van der Waals surface area (Å²) in [5.41, 5.74) is 2.07. The fourth-order valence-corrected chi connectivity index (χ4v) is 3.26. The number of rotatable bonds is 5. The smallest absolute Gasteiger partial charge is 0.213 e. The lowest BCUT2D eigenvalue weighted by atomic mass is 10.0. The Morgan fingerprint density at radius 3 is 3.17 bits per heavy atom. The van der Waals surface area contributed by atoms with Crippen molar-refractivity contribution in [3.63, 3.8) is 0 Å². The largest absolute Gasteiger partial charge is 0.471 e. The maximum Gasteiger partial charge on any atom is 0.213 e. The van der Waals surface area contributed by atoms with Gasteiger partial charge in [-0.1, -0.05) is 11.2 Å². The van der Waals surface area contributed by atoms with Gasteiger partial charge in [-0.3, -0.25) is 4.90 Å². The first-order valence-electron chi connectivity index (χ1n) is 8.19. The van der Waals surface area contributed by atoms with E-state index in [2.05, 4.69) is 15.0 Å². The van der Waals surface area contributed by atoms with Crippen LogP contribution >= 0.6 is 0 Å². The van der Waals surface area contributed by atoms with Crippen LogP contribution in [0, 0.1) is 5.92 Å². The number of ether oxygens (including phenoxy) is 2. The third kappa shape index (κ3) is 3.38. The zero-order valence-electron chi connectivity index (χ0n) is 13.1. The molecule has 23 heavy (non-hydrogen) atoms. The van der Waals surface area contributed by atoms with Gasteiger partial charge in [0, 0.05) is 50.5 Å². The molecule has 122 valence electrons. The van der Waals surface area contributed by atoms with Gasteiger partial charge < -0.3 is 14.0 Å². The average molecular weight is 315 g/mol. The van der Waals surface area contributed by atoms with Crippen molar-refractivity contribution in [3.8, 4) is 5.88 Å². The highest BCUT2D eigenvalue weighted by Gasteiger charge is 2.27. The predicted molar refractivity (Wildman–Crippen MR) is 83.0 cm³/mol. The zero-order valence-corrected chi connectivity index (χ0v) is 13.1. The summed E-state index contributed by atoms with van der Waals surface area (Å²) < 4.78 is 16.7. The summed E-state index contributed by atoms with van der Waals surface area (Å²) in [6.45, 7) is 5.19. The van der Waals surface area contributed by atoms with E-state index in [1.54, 1.807) is 6.20 Å². The van der Waals surface area contributed by atoms with Crippen LogP contribution in [0.15, 0.2) is 28.9 Å². The normalized spacial score (nSPS) is 21.3. The van der Waals surface area contributed by atoms with Gasteiger partial charge in [0.05, 0.1) is 6.61 Å². The lowest BCUT2D eigenvalue weighted by Gasteiger charge is -2.28. The molecule has 0 saturated carbocycles. The van der Waals surface area contributed by atoms with Crippen LogP contribution in [0.1, 0.15) is 23.4 Å². The van der Waals surface area contributed by atoms with Crippen LogP contribution in [0.5, 0.6) is 5.88 Å². The van der Waals surface area contributed by atoms with Gasteiger partial charge >= 0.3 is 0 Å². The van der Waals surface area contributed by atoms with Crippen LogP contribution in [-0.4, -0.2) is 41.3 Å². The van der Waals surface area contributed by atoms with Crippen LogP contribution < -0.4 is 4.74 Å². The fraction of sp³-hybridized carbons (Fsp3) is 0.529. The number of hydrogen-bond donors (Lipinski definition) is 0. The Bertz CT molecular complexity index is 638. The van der Waals surface area contributed by atoms with Gasteiger partial charge in [-0.05, 0) is 18.4 Å². The molecule has 0 aliphatic carbocycles. The van der Waals surface area contributed by atoms with E-state index in [0.29, 0.717) is 18.4 Å². The van der Waals surface area contributed by atoms with Gasteiger partial charge in [-0.2, -0.15) is 0 Å². The van der Waals surface area contributed by atoms with Crippen molar-refractivity contribution in [2.45, 2.75) is 26.0 Å². The monoisotopic (exact) mass is 315 g/mol. The molecule has 0 N–H and O–H groups in total. The molecule has 0 aromatic carbocycles. The van der Waals surface area contributed by atoms with E-state index in [-0.39, 0.29) is 0 Å². The summed E-state index contributed by atoms with van der Waals surface area (Å²) in [7, 11) is 0. The second-order valence-corrected chi connectivity index (χ2v) is 6.20. The van der Waals surface area contributed by atoms with Gasteiger partial charge in [0.2, 0.25) is 5.88 Å². The summed E-state index contributed by atoms with van der Waals surface area (Å²) in [5, 5.41) is 4.20. The highest BCUT2D eigenvalue weighted by Crippen LogP contribution is 2.25. The third-order valence-corrected chi connectivity index (χ3v) is 4.52. The quantitative estimate of drug-likeness (QED) is 0.841. The van der Waals surface area contributed by atoms with E-state index < -0.39 is 0 Å². The summed E-state index contributed by atoms with van der Waals surface area (Å²) in [6.07, 6.45) is 3.81. The van der Waals surface area contributed by atoms with Gasteiger partial charge in [0.25, 0.3) is 0 Å². The number of fused-ring (bicyclic) bond motifs is 1. The van der Waals surface area contributed by atoms with Crippen molar-refractivity contribution in [1.29, 1.82) is 0 Å². The van der Waals surface area contributed by atoms with Crippen molar-refractivity contribution >= 4 is 0 Å². The number of hydrogen-bond acceptors (Lipinski definition) is 6. The summed E-state index contributed by atoms with van der Waals surface area (Å²) in [6, 6.07) is 5.63. The first-order valence-corrected chi connectivity index (χ1v) is 8.19. The molecule has 6 nitrogen and oxygen atoms in total. The number of nitrogens with zero attached hydrogens (tertiary/aromatic N) is 3. The summed E-state index contributed by atoms with van der Waals surface area (Å²) in [4.78, 5) is 6.64. The highest BCUT2D eigenvalue weighted by atomic mass is 16.5. The van der Waals surface area contributed by atoms with Crippen molar-refractivity contribution in [2.24, 2.45) is 5.92 Å². The van der Waals surface area contributed by atoms with Crippen LogP contribution in [0.2, 0.25) is 0 Å². The molecule has 0 spiro atoms. The maximum atomic E-state index is 5.71. The van der Waals surface area contributed by atoms with E-state index in [1.165, 1.54) is 12.0 Å². The molecule has 2 aromatic heterocycles. The van der Waals surface area contributed by atoms with Gasteiger partial charge in [0.15, 0.2) is 0 Å². The molecule has 1 unspecified atom stereocenters. The average Bonchev–Trinajstić information content (AvgIpc) is 3.23. The van der Waals surface area contributed by atoms with Crippen LogP contribution in [0.4, 0.5) is 0 Å². The van der Waals surface area contributed by atoms with E-state index in [9.17, 15) is 0 Å². The summed E-state index contributed by atoms with van der Waals surface area (Å²) in [5.74, 6) is 2.27. The molecule has 2 aromatic rings. The minimum absolute atomic E-state index is 0.399. The minimum atomic E-state index is 0.399. The van der Waals surface area contributed by atoms with Crippen molar-refractivity contribution in [3.05, 3.63) is 41.4 Å². The minimum Gasteiger partial charge on any atom is -0.471 e. The second kappa shape index (κ2) is 6.68. The molecule has 1 atom stereocenters. The lowest BCUT2D eigenvalue weighted by molar-refractivity contribution is 0.159. The third-order valence-electron chi connectivity index (χ3n) is 4.52. The summed E-state index contributed by atoms with van der Waals surface area (Å²) >= 11 is 0. The Morgan fingerprint density at radius 1 is 1.35 bits per heavy atom. The molecule has 1 saturated heterocycles. The molecule has 4 heterocycles.